The molecule has 0 N–H and O–H groups in total. The fourth-order valence-electron chi connectivity index (χ4n) is 3.14. The van der Waals surface area contributed by atoms with Gasteiger partial charge in [-0.15, -0.1) is 0 Å². The van der Waals surface area contributed by atoms with Crippen LogP contribution in [0.2, 0.25) is 0 Å². The summed E-state index contributed by atoms with van der Waals surface area (Å²) in [7, 11) is -3.65. The number of ether oxygens (including phenoxy) is 1. The Labute approximate surface area is 173 Å². The molecule has 0 amide bonds. The molecule has 0 radical (unpaired) electrons. The van der Waals surface area contributed by atoms with Crippen LogP contribution in [-0.4, -0.2) is 44.2 Å². The zero-order valence-corrected chi connectivity index (χ0v) is 17.1. The summed E-state index contributed by atoms with van der Waals surface area (Å²) >= 11 is 0. The number of Topliss-reactive ketones (excluding diaryl/α,β-unsaturated/α-hetero) is 1. The van der Waals surface area contributed by atoms with Crippen molar-refractivity contribution in [2.45, 2.75) is 24.7 Å². The minimum Gasteiger partial charge on any atom is -0.454 e. The third-order valence-corrected chi connectivity index (χ3v) is 6.95. The fourth-order valence-corrected chi connectivity index (χ4v) is 4.61. The van der Waals surface area contributed by atoms with Crippen LogP contribution in [-0.2, 0) is 14.8 Å². The molecule has 1 saturated heterocycles. The fraction of sp³-hybridized carbons (Fsp3) is 0.333. The average Bonchev–Trinajstić information content (AvgIpc) is 2.74. The van der Waals surface area contributed by atoms with E-state index in [1.807, 2.05) is 0 Å². The van der Waals surface area contributed by atoms with Crippen LogP contribution in [0.1, 0.15) is 40.5 Å². The molecule has 2 aromatic rings. The maximum atomic E-state index is 13.6. The van der Waals surface area contributed by atoms with Crippen molar-refractivity contribution in [3.05, 3.63) is 65.2 Å². The molecule has 1 heterocycles. The maximum Gasteiger partial charge on any atom is 0.338 e. The second-order valence-corrected chi connectivity index (χ2v) is 9.17. The largest absolute Gasteiger partial charge is 0.454 e. The molecule has 3 rings (SSSR count). The Morgan fingerprint density at radius 1 is 1.07 bits per heavy atom. The van der Waals surface area contributed by atoms with E-state index in [0.29, 0.717) is 19.0 Å². The van der Waals surface area contributed by atoms with Crippen molar-refractivity contribution in [2.24, 2.45) is 5.92 Å². The van der Waals surface area contributed by atoms with Crippen molar-refractivity contribution in [3.8, 4) is 0 Å². The second-order valence-electron chi connectivity index (χ2n) is 7.23. The molecule has 6 nitrogen and oxygen atoms in total. The number of sulfonamides is 1. The van der Waals surface area contributed by atoms with Crippen molar-refractivity contribution in [2.75, 3.05) is 19.7 Å². The van der Waals surface area contributed by atoms with E-state index in [2.05, 4.69) is 6.92 Å². The van der Waals surface area contributed by atoms with Crippen LogP contribution in [0, 0.1) is 17.6 Å². The van der Waals surface area contributed by atoms with Gasteiger partial charge < -0.3 is 4.74 Å². The molecular formula is C21H21F2NO5S. The summed E-state index contributed by atoms with van der Waals surface area (Å²) in [5.41, 5.74) is -0.478. The zero-order chi connectivity index (χ0) is 21.9. The smallest absolute Gasteiger partial charge is 0.338 e. The lowest BCUT2D eigenvalue weighted by molar-refractivity contribution is 0.0473. The van der Waals surface area contributed by atoms with Crippen molar-refractivity contribution in [1.29, 1.82) is 0 Å². The van der Waals surface area contributed by atoms with Gasteiger partial charge in [-0.3, -0.25) is 4.79 Å². The maximum absolute atomic E-state index is 13.6. The van der Waals surface area contributed by atoms with E-state index >= 15 is 0 Å². The summed E-state index contributed by atoms with van der Waals surface area (Å²) in [6.45, 7) is 2.21. The van der Waals surface area contributed by atoms with Gasteiger partial charge in [0.1, 0.15) is 11.6 Å². The number of hydrogen-bond donors (Lipinski definition) is 0. The lowest BCUT2D eigenvalue weighted by atomic mass is 10.0. The summed E-state index contributed by atoms with van der Waals surface area (Å²) < 4.78 is 58.5. The van der Waals surface area contributed by atoms with Crippen LogP contribution in [0.5, 0.6) is 0 Å². The Balaban J connectivity index is 1.63. The quantitative estimate of drug-likeness (QED) is 0.511. The average molecular weight is 437 g/mol. The molecular weight excluding hydrogens is 416 g/mol. The molecule has 160 valence electrons. The highest BCUT2D eigenvalue weighted by atomic mass is 32.2. The molecule has 0 saturated carbocycles. The van der Waals surface area contributed by atoms with Gasteiger partial charge in [0.15, 0.2) is 6.61 Å². The van der Waals surface area contributed by atoms with Gasteiger partial charge in [0, 0.05) is 13.1 Å². The molecule has 30 heavy (non-hydrogen) atoms. The second kappa shape index (κ2) is 9.01. The Morgan fingerprint density at radius 2 is 1.70 bits per heavy atom. The molecule has 0 bridgehead atoms. The molecule has 0 atom stereocenters. The van der Waals surface area contributed by atoms with Crippen molar-refractivity contribution >= 4 is 21.8 Å². The highest BCUT2D eigenvalue weighted by Crippen LogP contribution is 2.23. The summed E-state index contributed by atoms with van der Waals surface area (Å²) in [5, 5.41) is 0. The van der Waals surface area contributed by atoms with Gasteiger partial charge in [-0.25, -0.2) is 22.0 Å². The van der Waals surface area contributed by atoms with Crippen molar-refractivity contribution in [1.82, 2.24) is 4.31 Å². The minimum atomic E-state index is -3.65. The van der Waals surface area contributed by atoms with Crippen LogP contribution in [0.4, 0.5) is 8.78 Å². The van der Waals surface area contributed by atoms with E-state index in [1.165, 1.54) is 28.6 Å². The predicted molar refractivity (Wildman–Crippen MR) is 105 cm³/mol. The van der Waals surface area contributed by atoms with Gasteiger partial charge in [0.2, 0.25) is 15.8 Å². The Kier molecular flexibility index (Phi) is 6.62. The topological polar surface area (TPSA) is 80.8 Å². The first-order valence-corrected chi connectivity index (χ1v) is 10.9. The van der Waals surface area contributed by atoms with E-state index in [-0.39, 0.29) is 10.5 Å². The van der Waals surface area contributed by atoms with Crippen LogP contribution in [0.15, 0.2) is 47.4 Å². The highest BCUT2D eigenvalue weighted by Gasteiger charge is 2.28. The van der Waals surface area contributed by atoms with Crippen LogP contribution < -0.4 is 0 Å². The van der Waals surface area contributed by atoms with Crippen LogP contribution in [0.25, 0.3) is 0 Å². The molecule has 0 aromatic heterocycles. The Bertz CT molecular complexity index is 1050. The van der Waals surface area contributed by atoms with E-state index in [0.717, 1.165) is 31.0 Å². The number of rotatable bonds is 6. The number of benzene rings is 2. The molecule has 9 heteroatoms. The molecule has 1 aliphatic rings. The first-order chi connectivity index (χ1) is 14.2. The van der Waals surface area contributed by atoms with Gasteiger partial charge in [0.05, 0.1) is 16.0 Å². The van der Waals surface area contributed by atoms with E-state index < -0.39 is 45.6 Å². The molecule has 0 aliphatic carbocycles. The number of nitrogens with zero attached hydrogens (tertiary/aromatic N) is 1. The highest BCUT2D eigenvalue weighted by molar-refractivity contribution is 7.89. The predicted octanol–water partition coefficient (Wildman–Crippen LogP) is 3.43. The lowest BCUT2D eigenvalue weighted by Gasteiger charge is -2.29. The van der Waals surface area contributed by atoms with Crippen molar-refractivity contribution in [3.63, 3.8) is 0 Å². The number of halogens is 2. The minimum absolute atomic E-state index is 0.0359. The van der Waals surface area contributed by atoms with Gasteiger partial charge >= 0.3 is 5.97 Å². The van der Waals surface area contributed by atoms with E-state index in [1.54, 1.807) is 0 Å². The van der Waals surface area contributed by atoms with E-state index in [4.69, 9.17) is 4.74 Å². The van der Waals surface area contributed by atoms with Crippen molar-refractivity contribution < 1.29 is 31.5 Å². The molecule has 0 spiro atoms. The number of carbonyl (C=O) groups excluding carboxylic acids is 2. The Morgan fingerprint density at radius 3 is 2.33 bits per heavy atom. The monoisotopic (exact) mass is 437 g/mol. The molecule has 1 aliphatic heterocycles. The van der Waals surface area contributed by atoms with Gasteiger partial charge in [-0.1, -0.05) is 6.92 Å². The van der Waals surface area contributed by atoms with E-state index in [9.17, 15) is 26.8 Å². The number of hydrogen-bond acceptors (Lipinski definition) is 5. The summed E-state index contributed by atoms with van der Waals surface area (Å²) in [6.07, 6.45) is 1.59. The van der Waals surface area contributed by atoms with Crippen LogP contribution >= 0.6 is 0 Å². The normalized spacial score (nSPS) is 15.7. The first-order valence-electron chi connectivity index (χ1n) is 9.44. The summed E-state index contributed by atoms with van der Waals surface area (Å²) in [6, 6.07) is 7.59. The number of piperidine rings is 1. The SMILES string of the molecule is CC1CCN(S(=O)(=O)c2ccc(C(=O)OCC(=O)c3cc(F)ccc3F)cc2)CC1. The van der Waals surface area contributed by atoms with Gasteiger partial charge in [0.25, 0.3) is 0 Å². The standard InChI is InChI=1S/C21H21F2NO5S/c1-14-8-10-24(11-9-14)30(27,28)17-5-2-15(3-6-17)21(26)29-13-20(25)18-12-16(22)4-7-19(18)23/h2-7,12,14H,8-11,13H2,1H3. The van der Waals surface area contributed by atoms with Crippen LogP contribution in [0.3, 0.4) is 0 Å². The molecule has 2 aromatic carbocycles. The number of carbonyl (C=O) groups is 2. The Hall–Kier alpha value is -2.65. The summed E-state index contributed by atoms with van der Waals surface area (Å²) in [5.74, 6) is -2.99. The zero-order valence-electron chi connectivity index (χ0n) is 16.3. The lowest BCUT2D eigenvalue weighted by Crippen LogP contribution is -2.37. The number of esters is 1. The number of ketones is 1. The third-order valence-electron chi connectivity index (χ3n) is 5.03. The third kappa shape index (κ3) is 4.91. The summed E-state index contributed by atoms with van der Waals surface area (Å²) in [4.78, 5) is 24.2. The van der Waals surface area contributed by atoms with Gasteiger partial charge in [-0.05, 0) is 61.2 Å². The molecule has 0 unspecified atom stereocenters. The molecule has 1 fully saturated rings. The first kappa shape index (κ1) is 22.0. The van der Waals surface area contributed by atoms with Gasteiger partial charge in [-0.2, -0.15) is 4.31 Å².